The van der Waals surface area contributed by atoms with Crippen LogP contribution in [0.1, 0.15) is 37.8 Å². The molecule has 2 unspecified atom stereocenters. The minimum absolute atomic E-state index is 0.758. The van der Waals surface area contributed by atoms with Crippen molar-refractivity contribution in [2.45, 2.75) is 46.0 Å². The number of halogens is 3. The monoisotopic (exact) mass is 523 g/mol. The lowest BCUT2D eigenvalue weighted by atomic mass is 9.91. The highest BCUT2D eigenvalue weighted by Crippen LogP contribution is 2.24. The van der Waals surface area contributed by atoms with E-state index in [1.165, 1.54) is 30.6 Å². The molecule has 2 aliphatic heterocycles. The summed E-state index contributed by atoms with van der Waals surface area (Å²) in [6, 6.07) is 10.8. The molecule has 0 amide bonds. The lowest BCUT2D eigenvalue weighted by Gasteiger charge is -2.35. The molecule has 0 saturated carbocycles. The number of likely N-dealkylation sites (tertiary alicyclic amines) is 1. The standard InChI is InChI=1S/C24H35N5O.C2HF3O2/c1-19-12-20(2)16-28(15-19)17-22-7-4-3-6-21(22)14-25-23-13-24(27-18-26-23)29-8-5-10-30-11-9-29;3-2(4,5)1(6)7/h3-4,6-7,13,18-20H,5,8-12,14-17H2,1-2H3,(H,25,26,27);(H,6,7). The summed E-state index contributed by atoms with van der Waals surface area (Å²) in [4.78, 5) is 22.7. The Kier molecular flexibility index (Phi) is 10.5. The first kappa shape index (κ1) is 28.6. The van der Waals surface area contributed by atoms with Gasteiger partial charge in [-0.15, -0.1) is 0 Å². The second-order valence-corrected chi connectivity index (χ2v) is 9.78. The maximum atomic E-state index is 10.6. The van der Waals surface area contributed by atoms with Gasteiger partial charge in [0.1, 0.15) is 18.0 Å². The highest BCUT2D eigenvalue weighted by Gasteiger charge is 2.38. The summed E-state index contributed by atoms with van der Waals surface area (Å²) in [5.74, 6) is 0.654. The Balaban J connectivity index is 0.000000479. The van der Waals surface area contributed by atoms with Crippen LogP contribution < -0.4 is 10.2 Å². The van der Waals surface area contributed by atoms with Crippen LogP contribution in [0.3, 0.4) is 0 Å². The van der Waals surface area contributed by atoms with Gasteiger partial charge in [0.2, 0.25) is 0 Å². The quantitative estimate of drug-likeness (QED) is 0.575. The van der Waals surface area contributed by atoms with Crippen LogP contribution >= 0.6 is 0 Å². The van der Waals surface area contributed by atoms with Crippen LogP contribution in [0.5, 0.6) is 0 Å². The number of anilines is 2. The van der Waals surface area contributed by atoms with Gasteiger partial charge in [-0.25, -0.2) is 14.8 Å². The fourth-order valence-electron chi connectivity index (χ4n) is 4.82. The SMILES string of the molecule is CC1CC(C)CN(Cc2ccccc2CNc2cc(N3CCCOCC3)ncn2)C1.O=C(O)C(F)(F)F. The van der Waals surface area contributed by atoms with Crippen molar-refractivity contribution in [3.63, 3.8) is 0 Å². The zero-order valence-corrected chi connectivity index (χ0v) is 21.4. The fraction of sp³-hybridized carbons (Fsp3) is 0.577. The summed E-state index contributed by atoms with van der Waals surface area (Å²) in [7, 11) is 0. The van der Waals surface area contributed by atoms with Crippen molar-refractivity contribution in [1.82, 2.24) is 14.9 Å². The second-order valence-electron chi connectivity index (χ2n) is 9.78. The highest BCUT2D eigenvalue weighted by molar-refractivity contribution is 5.73. The van der Waals surface area contributed by atoms with E-state index < -0.39 is 12.1 Å². The molecule has 1 aromatic carbocycles. The average Bonchev–Trinajstić information content (AvgIpc) is 3.13. The van der Waals surface area contributed by atoms with E-state index in [9.17, 15) is 13.2 Å². The van der Waals surface area contributed by atoms with Gasteiger partial charge >= 0.3 is 12.1 Å². The molecule has 37 heavy (non-hydrogen) atoms. The molecule has 1 aromatic heterocycles. The molecule has 0 bridgehead atoms. The Labute approximate surface area is 215 Å². The van der Waals surface area contributed by atoms with Crippen LogP contribution in [0.25, 0.3) is 0 Å². The molecule has 2 saturated heterocycles. The van der Waals surface area contributed by atoms with Gasteiger partial charge in [-0.3, -0.25) is 4.90 Å². The van der Waals surface area contributed by atoms with E-state index in [2.05, 4.69) is 69.3 Å². The molecule has 2 fully saturated rings. The summed E-state index contributed by atoms with van der Waals surface area (Å²) in [5.41, 5.74) is 2.75. The zero-order chi connectivity index (χ0) is 26.8. The average molecular weight is 524 g/mol. The van der Waals surface area contributed by atoms with Crippen molar-refractivity contribution in [1.29, 1.82) is 0 Å². The molecule has 3 heterocycles. The highest BCUT2D eigenvalue weighted by atomic mass is 19.4. The molecule has 2 atom stereocenters. The number of carboxylic acid groups (broad SMARTS) is 1. The van der Waals surface area contributed by atoms with E-state index in [1.54, 1.807) is 6.33 Å². The summed E-state index contributed by atoms with van der Waals surface area (Å²) in [5, 5.41) is 10.6. The largest absolute Gasteiger partial charge is 0.490 e. The van der Waals surface area contributed by atoms with Gasteiger partial charge in [0.25, 0.3) is 0 Å². The summed E-state index contributed by atoms with van der Waals surface area (Å²) in [6.07, 6.45) is -1.04. The molecule has 4 rings (SSSR count). The number of carbonyl (C=O) groups is 1. The number of nitrogens with zero attached hydrogens (tertiary/aromatic N) is 4. The first-order valence-electron chi connectivity index (χ1n) is 12.6. The lowest BCUT2D eigenvalue weighted by Crippen LogP contribution is -2.38. The predicted molar refractivity (Wildman–Crippen MR) is 135 cm³/mol. The van der Waals surface area contributed by atoms with Crippen molar-refractivity contribution in [3.8, 4) is 0 Å². The summed E-state index contributed by atoms with van der Waals surface area (Å²) < 4.78 is 37.3. The van der Waals surface area contributed by atoms with Crippen molar-refractivity contribution in [3.05, 3.63) is 47.8 Å². The molecule has 204 valence electrons. The third kappa shape index (κ3) is 9.47. The molecule has 8 nitrogen and oxygen atoms in total. The van der Waals surface area contributed by atoms with Crippen molar-refractivity contribution in [2.75, 3.05) is 49.6 Å². The Bertz CT molecular complexity index is 989. The molecule has 2 aliphatic rings. The molecule has 11 heteroatoms. The molecule has 2 N–H and O–H groups in total. The predicted octanol–water partition coefficient (Wildman–Crippen LogP) is 4.43. The minimum Gasteiger partial charge on any atom is -0.475 e. The number of alkyl halides is 3. The lowest BCUT2D eigenvalue weighted by molar-refractivity contribution is -0.192. The van der Waals surface area contributed by atoms with Gasteiger partial charge in [-0.05, 0) is 35.8 Å². The number of aromatic nitrogens is 2. The van der Waals surface area contributed by atoms with E-state index in [0.717, 1.165) is 69.3 Å². The number of ether oxygens (including phenoxy) is 1. The topological polar surface area (TPSA) is 90.8 Å². The minimum atomic E-state index is -5.08. The van der Waals surface area contributed by atoms with E-state index in [1.807, 2.05) is 0 Å². The van der Waals surface area contributed by atoms with E-state index >= 15 is 0 Å². The van der Waals surface area contributed by atoms with Crippen LogP contribution in [-0.4, -0.2) is 71.5 Å². The van der Waals surface area contributed by atoms with Crippen molar-refractivity contribution in [2.24, 2.45) is 11.8 Å². The Morgan fingerprint density at radius 2 is 1.78 bits per heavy atom. The van der Waals surface area contributed by atoms with Crippen LogP contribution in [0, 0.1) is 11.8 Å². The first-order chi connectivity index (χ1) is 17.6. The third-order valence-electron chi connectivity index (χ3n) is 6.36. The molecular formula is C26H36F3N5O3. The van der Waals surface area contributed by atoms with Gasteiger partial charge in [0, 0.05) is 51.9 Å². The smallest absolute Gasteiger partial charge is 0.475 e. The normalized spacial score (nSPS) is 20.9. The number of nitrogens with one attached hydrogen (secondary N) is 1. The number of carboxylic acids is 1. The number of aliphatic carboxylic acids is 1. The van der Waals surface area contributed by atoms with Crippen LogP contribution in [0.15, 0.2) is 36.7 Å². The van der Waals surface area contributed by atoms with Crippen LogP contribution in [-0.2, 0) is 22.6 Å². The van der Waals surface area contributed by atoms with Gasteiger partial charge < -0.3 is 20.1 Å². The van der Waals surface area contributed by atoms with Crippen molar-refractivity contribution < 1.29 is 27.8 Å². The molecule has 2 aromatic rings. The zero-order valence-electron chi connectivity index (χ0n) is 21.4. The molecule has 0 spiro atoms. The van der Waals surface area contributed by atoms with Gasteiger partial charge in [-0.1, -0.05) is 38.1 Å². The van der Waals surface area contributed by atoms with Crippen LogP contribution in [0.2, 0.25) is 0 Å². The fourth-order valence-corrected chi connectivity index (χ4v) is 4.82. The maximum absolute atomic E-state index is 10.6. The molecule has 0 aliphatic carbocycles. The maximum Gasteiger partial charge on any atom is 0.490 e. The Morgan fingerprint density at radius 1 is 1.11 bits per heavy atom. The van der Waals surface area contributed by atoms with Gasteiger partial charge in [0.05, 0.1) is 6.61 Å². The molecule has 0 radical (unpaired) electrons. The van der Waals surface area contributed by atoms with Gasteiger partial charge in [-0.2, -0.15) is 13.2 Å². The Hall–Kier alpha value is -2.92. The van der Waals surface area contributed by atoms with E-state index in [4.69, 9.17) is 14.6 Å². The number of rotatable bonds is 6. The number of piperidine rings is 1. The van der Waals surface area contributed by atoms with E-state index in [0.29, 0.717) is 0 Å². The summed E-state index contributed by atoms with van der Waals surface area (Å²) >= 11 is 0. The van der Waals surface area contributed by atoms with E-state index in [-0.39, 0.29) is 0 Å². The molecular weight excluding hydrogens is 487 g/mol. The van der Waals surface area contributed by atoms with Gasteiger partial charge in [0.15, 0.2) is 0 Å². The van der Waals surface area contributed by atoms with Crippen molar-refractivity contribution >= 4 is 17.6 Å². The van der Waals surface area contributed by atoms with Crippen LogP contribution in [0.4, 0.5) is 24.8 Å². The second kappa shape index (κ2) is 13.6. The number of benzene rings is 1. The Morgan fingerprint density at radius 3 is 2.46 bits per heavy atom. The third-order valence-corrected chi connectivity index (χ3v) is 6.36. The number of hydrogen-bond donors (Lipinski definition) is 2. The first-order valence-corrected chi connectivity index (χ1v) is 12.6. The summed E-state index contributed by atoms with van der Waals surface area (Å²) in [6.45, 7) is 12.4. The number of hydrogen-bond acceptors (Lipinski definition) is 7.